The van der Waals surface area contributed by atoms with Gasteiger partial charge in [0.15, 0.2) is 0 Å². The third-order valence-corrected chi connectivity index (χ3v) is 4.92. The standard InChI is InChI=1S/C16H25NS/c1-12(2)13-7-6-8-14(11-13)17-15-9-4-5-10-16(15)18-3/h4-5,9-10,12-14,17H,6-8,11H2,1-3H3. The molecule has 2 rings (SSSR count). The van der Waals surface area contributed by atoms with E-state index < -0.39 is 0 Å². The van der Waals surface area contributed by atoms with Crippen LogP contribution in [0.25, 0.3) is 0 Å². The van der Waals surface area contributed by atoms with Crippen molar-refractivity contribution in [1.82, 2.24) is 0 Å². The molecule has 1 aliphatic rings. The van der Waals surface area contributed by atoms with Crippen molar-refractivity contribution in [1.29, 1.82) is 0 Å². The predicted octanol–water partition coefficient (Wildman–Crippen LogP) is 5.04. The lowest BCUT2D eigenvalue weighted by Gasteiger charge is -2.33. The van der Waals surface area contributed by atoms with E-state index in [9.17, 15) is 0 Å². The van der Waals surface area contributed by atoms with E-state index in [0.717, 1.165) is 11.8 Å². The molecule has 0 aromatic heterocycles. The molecule has 2 unspecified atom stereocenters. The van der Waals surface area contributed by atoms with Gasteiger partial charge in [-0.05, 0) is 43.1 Å². The molecule has 0 aliphatic heterocycles. The van der Waals surface area contributed by atoms with Crippen LogP contribution in [-0.2, 0) is 0 Å². The summed E-state index contributed by atoms with van der Waals surface area (Å²) in [5.41, 5.74) is 1.32. The molecule has 0 saturated heterocycles. The van der Waals surface area contributed by atoms with Crippen molar-refractivity contribution in [3.63, 3.8) is 0 Å². The summed E-state index contributed by atoms with van der Waals surface area (Å²) in [5, 5.41) is 3.76. The van der Waals surface area contributed by atoms with Gasteiger partial charge < -0.3 is 5.32 Å². The predicted molar refractivity (Wildman–Crippen MR) is 82.4 cm³/mol. The van der Waals surface area contributed by atoms with Crippen LogP contribution < -0.4 is 5.32 Å². The van der Waals surface area contributed by atoms with Gasteiger partial charge in [0.2, 0.25) is 0 Å². The number of hydrogen-bond acceptors (Lipinski definition) is 2. The van der Waals surface area contributed by atoms with Gasteiger partial charge in [-0.3, -0.25) is 0 Å². The van der Waals surface area contributed by atoms with Gasteiger partial charge in [0.05, 0.1) is 0 Å². The van der Waals surface area contributed by atoms with Crippen molar-refractivity contribution in [2.24, 2.45) is 11.8 Å². The fraction of sp³-hybridized carbons (Fsp3) is 0.625. The fourth-order valence-electron chi connectivity index (χ4n) is 2.95. The first kappa shape index (κ1) is 13.8. The second-order valence-corrected chi connectivity index (χ2v) is 6.56. The van der Waals surface area contributed by atoms with Crippen molar-refractivity contribution in [3.05, 3.63) is 24.3 Å². The van der Waals surface area contributed by atoms with Gasteiger partial charge in [-0.25, -0.2) is 0 Å². The number of benzene rings is 1. The minimum Gasteiger partial charge on any atom is -0.381 e. The highest BCUT2D eigenvalue weighted by atomic mass is 32.2. The summed E-state index contributed by atoms with van der Waals surface area (Å²) in [6.07, 6.45) is 7.60. The van der Waals surface area contributed by atoms with Gasteiger partial charge in [-0.1, -0.05) is 38.8 Å². The average molecular weight is 263 g/mol. The van der Waals surface area contributed by atoms with Crippen LogP contribution in [0.2, 0.25) is 0 Å². The Morgan fingerprint density at radius 1 is 1.22 bits per heavy atom. The molecule has 1 saturated carbocycles. The third-order valence-electron chi connectivity index (χ3n) is 4.12. The van der Waals surface area contributed by atoms with Gasteiger partial charge in [-0.2, -0.15) is 0 Å². The van der Waals surface area contributed by atoms with Gasteiger partial charge in [0.1, 0.15) is 0 Å². The molecule has 1 nitrogen and oxygen atoms in total. The summed E-state index contributed by atoms with van der Waals surface area (Å²) < 4.78 is 0. The number of anilines is 1. The molecule has 1 aromatic carbocycles. The Bertz CT molecular complexity index is 375. The highest BCUT2D eigenvalue weighted by molar-refractivity contribution is 7.98. The average Bonchev–Trinajstić information content (AvgIpc) is 2.39. The van der Waals surface area contributed by atoms with Crippen LogP contribution in [0.4, 0.5) is 5.69 Å². The largest absolute Gasteiger partial charge is 0.381 e. The Morgan fingerprint density at radius 2 is 2.00 bits per heavy atom. The lowest BCUT2D eigenvalue weighted by Crippen LogP contribution is -2.29. The summed E-state index contributed by atoms with van der Waals surface area (Å²) >= 11 is 1.83. The van der Waals surface area contributed by atoms with Crippen LogP contribution in [0.3, 0.4) is 0 Å². The summed E-state index contributed by atoms with van der Waals surface area (Å²) in [5.74, 6) is 1.73. The number of hydrogen-bond donors (Lipinski definition) is 1. The Morgan fingerprint density at radius 3 is 2.72 bits per heavy atom. The number of nitrogens with one attached hydrogen (secondary N) is 1. The lowest BCUT2D eigenvalue weighted by molar-refractivity contribution is 0.264. The van der Waals surface area contributed by atoms with Crippen LogP contribution in [-0.4, -0.2) is 12.3 Å². The maximum Gasteiger partial charge on any atom is 0.0480 e. The smallest absolute Gasteiger partial charge is 0.0480 e. The van der Waals surface area contributed by atoms with Crippen LogP contribution in [0, 0.1) is 11.8 Å². The van der Waals surface area contributed by atoms with E-state index in [-0.39, 0.29) is 0 Å². The van der Waals surface area contributed by atoms with Crippen LogP contribution in [0.5, 0.6) is 0 Å². The van der Waals surface area contributed by atoms with Crippen molar-refractivity contribution in [2.45, 2.75) is 50.5 Å². The maximum absolute atomic E-state index is 3.76. The fourth-order valence-corrected chi connectivity index (χ4v) is 3.51. The zero-order valence-electron chi connectivity index (χ0n) is 11.8. The lowest BCUT2D eigenvalue weighted by atomic mass is 9.79. The molecule has 2 atom stereocenters. The quantitative estimate of drug-likeness (QED) is 0.764. The molecule has 0 bridgehead atoms. The van der Waals surface area contributed by atoms with Gasteiger partial charge in [-0.15, -0.1) is 11.8 Å². The third kappa shape index (κ3) is 3.44. The number of rotatable bonds is 4. The van der Waals surface area contributed by atoms with Crippen molar-refractivity contribution in [3.8, 4) is 0 Å². The molecule has 1 fully saturated rings. The molecular formula is C16H25NS. The SMILES string of the molecule is CSc1ccccc1NC1CCCC(C(C)C)C1. The first-order chi connectivity index (χ1) is 8.70. The summed E-state index contributed by atoms with van der Waals surface area (Å²) in [4.78, 5) is 1.36. The Hall–Kier alpha value is -0.630. The molecule has 0 spiro atoms. The first-order valence-corrected chi connectivity index (χ1v) is 8.32. The Labute approximate surface area is 116 Å². The Balaban J connectivity index is 2.00. The van der Waals surface area contributed by atoms with Gasteiger partial charge in [0, 0.05) is 16.6 Å². The molecule has 1 N–H and O–H groups in total. The van der Waals surface area contributed by atoms with E-state index in [1.54, 1.807) is 0 Å². The summed E-state index contributed by atoms with van der Waals surface area (Å²) in [6, 6.07) is 9.33. The highest BCUT2D eigenvalue weighted by Gasteiger charge is 2.24. The van der Waals surface area contributed by atoms with Crippen molar-refractivity contribution >= 4 is 17.4 Å². The van der Waals surface area contributed by atoms with E-state index >= 15 is 0 Å². The summed E-state index contributed by atoms with van der Waals surface area (Å²) in [7, 11) is 0. The van der Waals surface area contributed by atoms with Crippen LogP contribution in [0.15, 0.2) is 29.2 Å². The monoisotopic (exact) mass is 263 g/mol. The molecule has 0 heterocycles. The van der Waals surface area contributed by atoms with E-state index in [4.69, 9.17) is 0 Å². The maximum atomic E-state index is 3.76. The molecular weight excluding hydrogens is 238 g/mol. The van der Waals surface area contributed by atoms with Crippen LogP contribution >= 0.6 is 11.8 Å². The van der Waals surface area contributed by atoms with Crippen LogP contribution in [0.1, 0.15) is 39.5 Å². The molecule has 2 heteroatoms. The second kappa shape index (κ2) is 6.51. The van der Waals surface area contributed by atoms with Crippen molar-refractivity contribution < 1.29 is 0 Å². The zero-order chi connectivity index (χ0) is 13.0. The van der Waals surface area contributed by atoms with E-state index in [0.29, 0.717) is 6.04 Å². The minimum atomic E-state index is 0.666. The van der Waals surface area contributed by atoms with Crippen molar-refractivity contribution in [2.75, 3.05) is 11.6 Å². The van der Waals surface area contributed by atoms with E-state index in [1.165, 1.54) is 36.3 Å². The molecule has 18 heavy (non-hydrogen) atoms. The first-order valence-electron chi connectivity index (χ1n) is 7.10. The van der Waals surface area contributed by atoms with E-state index in [1.807, 2.05) is 11.8 Å². The summed E-state index contributed by atoms with van der Waals surface area (Å²) in [6.45, 7) is 4.73. The molecule has 0 radical (unpaired) electrons. The van der Waals surface area contributed by atoms with Gasteiger partial charge >= 0.3 is 0 Å². The number of para-hydroxylation sites is 1. The second-order valence-electron chi connectivity index (χ2n) is 5.71. The highest BCUT2D eigenvalue weighted by Crippen LogP contribution is 2.33. The topological polar surface area (TPSA) is 12.0 Å². The minimum absolute atomic E-state index is 0.666. The van der Waals surface area contributed by atoms with Gasteiger partial charge in [0.25, 0.3) is 0 Å². The number of thioether (sulfide) groups is 1. The Kier molecular flexibility index (Phi) is 4.99. The normalized spacial score (nSPS) is 24.2. The molecule has 100 valence electrons. The zero-order valence-corrected chi connectivity index (χ0v) is 12.6. The molecule has 0 amide bonds. The van der Waals surface area contributed by atoms with E-state index in [2.05, 4.69) is 49.7 Å². The molecule has 1 aromatic rings. The molecule has 1 aliphatic carbocycles.